The molecule has 0 saturated carbocycles. The highest BCUT2D eigenvalue weighted by Gasteiger charge is 2.38. The fourth-order valence-electron chi connectivity index (χ4n) is 6.88. The van der Waals surface area contributed by atoms with Gasteiger partial charge in [-0.3, -0.25) is 9.52 Å². The Bertz CT molecular complexity index is 2040. The van der Waals surface area contributed by atoms with Crippen molar-refractivity contribution in [2.45, 2.75) is 70.7 Å². The number of nitrogens with one attached hydrogen (secondary N) is 2. The highest BCUT2D eigenvalue weighted by molar-refractivity contribution is 7.92. The van der Waals surface area contributed by atoms with E-state index in [9.17, 15) is 18.0 Å². The number of benzene rings is 1. The average Bonchev–Trinajstić information content (AvgIpc) is 3.76. The van der Waals surface area contributed by atoms with Crippen molar-refractivity contribution in [1.29, 1.82) is 0 Å². The molecule has 2 amide bonds. The molecule has 2 saturated heterocycles. The predicted molar refractivity (Wildman–Crippen MR) is 222 cm³/mol. The molecular weight excluding hydrogens is 806 g/mol. The molecule has 0 spiro atoms. The molecule has 2 N–H and O–H groups in total. The van der Waals surface area contributed by atoms with E-state index in [4.69, 9.17) is 56.5 Å². The molecule has 17 nitrogen and oxygen atoms in total. The van der Waals surface area contributed by atoms with Gasteiger partial charge in [0, 0.05) is 42.5 Å². The first-order valence-corrected chi connectivity index (χ1v) is 21.9. The molecule has 2 aliphatic rings. The van der Waals surface area contributed by atoms with Crippen LogP contribution in [0.4, 0.5) is 16.3 Å². The first-order chi connectivity index (χ1) is 28.1. The van der Waals surface area contributed by atoms with Crippen molar-refractivity contribution >= 4 is 50.8 Å². The number of nitrogens with zero attached hydrogens (tertiary/aromatic N) is 5. The lowest BCUT2D eigenvalue weighted by atomic mass is 9.98. The van der Waals surface area contributed by atoms with Crippen LogP contribution in [-0.4, -0.2) is 143 Å². The Labute approximate surface area is 351 Å². The van der Waals surface area contributed by atoms with Gasteiger partial charge in [-0.05, 0) is 65.2 Å². The molecule has 2 aromatic heterocycles. The number of carbonyl (C=O) groups excluding carboxylic acids is 2. The summed E-state index contributed by atoms with van der Waals surface area (Å²) in [5, 5.41) is 8.17. The van der Waals surface area contributed by atoms with Gasteiger partial charge in [-0.25, -0.2) is 22.7 Å². The second kappa shape index (κ2) is 21.3. The van der Waals surface area contributed by atoms with Gasteiger partial charge in [-0.15, -0.1) is 6.42 Å². The summed E-state index contributed by atoms with van der Waals surface area (Å²) in [7, 11) is -3.66. The minimum Gasteiger partial charge on any atom is -0.444 e. The predicted octanol–water partition coefficient (Wildman–Crippen LogP) is 4.23. The minimum atomic E-state index is -3.66. The molecule has 0 radical (unpaired) electrons. The number of hydrogen-bond acceptors (Lipinski definition) is 13. The number of fused-ring (bicyclic) bond motifs is 1. The van der Waals surface area contributed by atoms with E-state index in [-0.39, 0.29) is 29.8 Å². The van der Waals surface area contributed by atoms with Crippen molar-refractivity contribution in [1.82, 2.24) is 24.8 Å². The first kappa shape index (κ1) is 45.9. The van der Waals surface area contributed by atoms with Gasteiger partial charge in [0.1, 0.15) is 18.0 Å². The lowest BCUT2D eigenvalue weighted by Crippen LogP contribution is -2.46. The normalized spacial score (nSPS) is 18.6. The zero-order chi connectivity index (χ0) is 42.6. The van der Waals surface area contributed by atoms with E-state index in [1.807, 2.05) is 40.0 Å². The second-order valence-corrected chi connectivity index (χ2v) is 17.5. The third-order valence-electron chi connectivity index (χ3n) is 9.37. The molecule has 0 unspecified atom stereocenters. The summed E-state index contributed by atoms with van der Waals surface area (Å²) in [5.74, 6) is 2.75. The van der Waals surface area contributed by atoms with Crippen molar-refractivity contribution in [3.63, 3.8) is 0 Å². The first-order valence-electron chi connectivity index (χ1n) is 19.7. The molecule has 2 aliphatic heterocycles. The Kier molecular flexibility index (Phi) is 16.6. The molecule has 3 atom stereocenters. The number of amides is 2. The van der Waals surface area contributed by atoms with Crippen LogP contribution in [0.1, 0.15) is 67.7 Å². The lowest BCUT2D eigenvalue weighted by molar-refractivity contribution is -0.0231. The van der Waals surface area contributed by atoms with Crippen LogP contribution in [0.5, 0.6) is 0 Å². The van der Waals surface area contributed by atoms with E-state index in [1.165, 1.54) is 18.2 Å². The number of rotatable bonds is 20. The summed E-state index contributed by atoms with van der Waals surface area (Å²) < 4.78 is 62.1. The molecule has 19 heteroatoms. The highest BCUT2D eigenvalue weighted by Crippen LogP contribution is 2.35. The minimum absolute atomic E-state index is 0.158. The van der Waals surface area contributed by atoms with Crippen molar-refractivity contribution < 1.29 is 46.4 Å². The summed E-state index contributed by atoms with van der Waals surface area (Å²) in [5.41, 5.74) is 1.73. The molecule has 2 fully saturated rings. The van der Waals surface area contributed by atoms with Crippen molar-refractivity contribution in [3.8, 4) is 12.3 Å². The van der Waals surface area contributed by atoms with Crippen LogP contribution in [0.2, 0.25) is 5.02 Å². The van der Waals surface area contributed by atoms with Gasteiger partial charge in [0.15, 0.2) is 5.65 Å². The number of likely N-dealkylation sites (tertiary alicyclic amines) is 1. The van der Waals surface area contributed by atoms with Gasteiger partial charge >= 0.3 is 6.09 Å². The van der Waals surface area contributed by atoms with Crippen LogP contribution in [0.15, 0.2) is 30.5 Å². The average molecular weight is 862 g/mol. The summed E-state index contributed by atoms with van der Waals surface area (Å²) in [4.78, 5) is 35.8. The van der Waals surface area contributed by atoms with E-state index in [1.54, 1.807) is 9.42 Å². The van der Waals surface area contributed by atoms with E-state index in [0.717, 1.165) is 24.7 Å². The summed E-state index contributed by atoms with van der Waals surface area (Å²) in [6.07, 6.45) is 9.46. The Morgan fingerprint density at radius 1 is 0.983 bits per heavy atom. The van der Waals surface area contributed by atoms with Crippen molar-refractivity contribution in [2.24, 2.45) is 0 Å². The van der Waals surface area contributed by atoms with Gasteiger partial charge in [-0.1, -0.05) is 17.5 Å². The largest absolute Gasteiger partial charge is 0.444 e. The maximum Gasteiger partial charge on any atom is 0.408 e. The van der Waals surface area contributed by atoms with Crippen LogP contribution in [-0.2, 0) is 38.4 Å². The molecule has 0 bridgehead atoms. The van der Waals surface area contributed by atoms with Gasteiger partial charge in [-0.2, -0.15) is 5.10 Å². The Hall–Kier alpha value is -4.22. The van der Waals surface area contributed by atoms with Gasteiger partial charge in [0.2, 0.25) is 10.0 Å². The molecule has 4 heterocycles. The van der Waals surface area contributed by atoms with Crippen LogP contribution in [0.25, 0.3) is 5.65 Å². The number of piperidine rings is 1. The summed E-state index contributed by atoms with van der Waals surface area (Å²) in [6, 6.07) is 5.60. The summed E-state index contributed by atoms with van der Waals surface area (Å²) in [6.45, 7) is 12.1. The number of carbonyl (C=O) groups is 2. The number of terminal acetylenes is 1. The quantitative estimate of drug-likeness (QED) is 0.122. The number of aromatic nitrogens is 3. The standard InChI is InChI=1S/C40H56ClN7O10S/c1-7-14-53-15-16-54-17-18-55-19-20-56-21-22-57-35-27-46(26-33(35)42-39(50)58-40(3,4)5)37-28(2)25-48-36(43-37)24-32(44-48)34-10-8-9-13-47(34)38(49)30-23-29(41)11-12-31(30)45-59(6,51)52/h1,11-12,23-25,33-35,45H,8-10,13-22,26-27H2,2-6H3,(H,42,50)/t33-,34+,35+/m1/s1. The fraction of sp³-hybridized carbons (Fsp3) is 0.600. The Morgan fingerprint density at radius 2 is 1.66 bits per heavy atom. The zero-order valence-corrected chi connectivity index (χ0v) is 36.0. The third-order valence-corrected chi connectivity index (χ3v) is 10.2. The monoisotopic (exact) mass is 861 g/mol. The van der Waals surface area contributed by atoms with E-state index in [2.05, 4.69) is 20.9 Å². The van der Waals surface area contributed by atoms with Gasteiger partial charge in [0.25, 0.3) is 5.91 Å². The maximum absolute atomic E-state index is 14.1. The van der Waals surface area contributed by atoms with Crippen LogP contribution >= 0.6 is 11.6 Å². The molecule has 1 aromatic carbocycles. The fourth-order valence-corrected chi connectivity index (χ4v) is 7.63. The number of ether oxygens (including phenoxy) is 6. The van der Waals surface area contributed by atoms with Crippen molar-refractivity contribution in [3.05, 3.63) is 52.3 Å². The number of hydrogen-bond donors (Lipinski definition) is 2. The molecule has 0 aliphatic carbocycles. The number of aryl methyl sites for hydroxylation is 1. The molecule has 3 aromatic rings. The zero-order valence-electron chi connectivity index (χ0n) is 34.4. The van der Waals surface area contributed by atoms with E-state index < -0.39 is 33.9 Å². The number of sulfonamides is 1. The molecule has 5 rings (SSSR count). The van der Waals surface area contributed by atoms with Crippen LogP contribution in [0, 0.1) is 19.3 Å². The summed E-state index contributed by atoms with van der Waals surface area (Å²) >= 11 is 6.28. The smallest absolute Gasteiger partial charge is 0.408 e. The Balaban J connectivity index is 1.23. The van der Waals surface area contributed by atoms with Gasteiger partial charge in [0.05, 0.1) is 94.2 Å². The topological polar surface area (TPSA) is 184 Å². The SMILES string of the molecule is C#CCOCCOCCOCCOCCO[C@H]1CN(c2nc3cc([C@@H]4CCCCN4C(=O)c4cc(Cl)ccc4NS(C)(=O)=O)nn3cc2C)C[C@H]1NC(=O)OC(C)(C)C. The number of halogens is 1. The maximum atomic E-state index is 14.1. The second-order valence-electron chi connectivity index (χ2n) is 15.4. The molecular formula is C40H56ClN7O10S. The third kappa shape index (κ3) is 13.9. The molecule has 59 heavy (non-hydrogen) atoms. The van der Waals surface area contributed by atoms with E-state index in [0.29, 0.717) is 101 Å². The lowest BCUT2D eigenvalue weighted by Gasteiger charge is -2.35. The Morgan fingerprint density at radius 3 is 2.32 bits per heavy atom. The van der Waals surface area contributed by atoms with E-state index >= 15 is 0 Å². The van der Waals surface area contributed by atoms with Crippen molar-refractivity contribution in [2.75, 3.05) is 95.0 Å². The van der Waals surface area contributed by atoms with Crippen LogP contribution in [0.3, 0.4) is 0 Å². The number of anilines is 2. The molecule has 324 valence electrons. The number of alkyl carbamates (subject to hydrolysis) is 1. The van der Waals surface area contributed by atoms with Crippen LogP contribution < -0.4 is 14.9 Å². The van der Waals surface area contributed by atoms with Gasteiger partial charge < -0.3 is 43.5 Å². The highest BCUT2D eigenvalue weighted by atomic mass is 35.5.